The molecule has 0 fully saturated rings. The Bertz CT molecular complexity index is 2630. The summed E-state index contributed by atoms with van der Waals surface area (Å²) in [5.74, 6) is 0.0376. The summed E-state index contributed by atoms with van der Waals surface area (Å²) in [6.07, 6.45) is 1.19. The topological polar surface area (TPSA) is 136 Å². The number of benzene rings is 6. The number of hydrogen-bond acceptors (Lipinski definition) is 8. The van der Waals surface area contributed by atoms with Gasteiger partial charge in [0.1, 0.15) is 11.5 Å². The molecule has 66 heavy (non-hydrogen) atoms. The Morgan fingerprint density at radius 3 is 1.29 bits per heavy atom. The van der Waals surface area contributed by atoms with Crippen LogP contribution in [0.3, 0.4) is 0 Å². The van der Waals surface area contributed by atoms with Crippen molar-refractivity contribution in [2.24, 2.45) is 0 Å². The van der Waals surface area contributed by atoms with Gasteiger partial charge in [-0.25, -0.2) is 19.2 Å². The van der Waals surface area contributed by atoms with Crippen LogP contribution >= 0.6 is 0 Å². The molecule has 2 N–H and O–H groups in total. The van der Waals surface area contributed by atoms with E-state index in [1.807, 2.05) is 133 Å². The molecule has 0 aromatic heterocycles. The summed E-state index contributed by atoms with van der Waals surface area (Å²) in [6.45, 7) is 8.60. The fourth-order valence-electron chi connectivity index (χ4n) is 8.82. The number of nitrogens with zero attached hydrogens (tertiary/aromatic N) is 2. The fourth-order valence-corrected chi connectivity index (χ4v) is 8.82. The Balaban J connectivity index is 1.03. The van der Waals surface area contributed by atoms with E-state index in [1.54, 1.807) is 37.5 Å². The number of ether oxygens (including phenoxy) is 4. The Morgan fingerprint density at radius 2 is 0.894 bits per heavy atom. The van der Waals surface area contributed by atoms with Crippen LogP contribution in [-0.4, -0.2) is 60.2 Å². The molecule has 0 spiro atoms. The number of allylic oxidation sites excluding steroid dienone is 2. The second-order valence-electron chi connectivity index (χ2n) is 16.1. The third kappa shape index (κ3) is 9.44. The molecule has 6 aromatic carbocycles. The molecule has 2 atom stereocenters. The number of carbonyl (C=O) groups is 4. The standard InChI is InChI=1S/C54H54N4O8/c1-5-63-51(59)45-35(3)57(33-37-19-9-7-10-20-37)53(61)55-49(45)47-41-25-15-13-23-39(41)27-29-43(47)65-31-17-18-32-66-44-30-28-40-24-14-16-26-42(40)48(44)50-46(52(60)64-6-2)36(4)58(54(62)56-50)34-38-21-11-8-12-22-38/h7-16,19-30,49-50H,5-6,17-18,31-34H2,1-4H3,(H,55,61)(H,56,62). The second kappa shape index (κ2) is 20.5. The van der Waals surface area contributed by atoms with Crippen molar-refractivity contribution in [1.29, 1.82) is 0 Å². The number of rotatable bonds is 17. The van der Waals surface area contributed by atoms with Crippen molar-refractivity contribution in [2.75, 3.05) is 26.4 Å². The molecule has 2 aliphatic heterocycles. The minimum atomic E-state index is -0.845. The molecule has 2 unspecified atom stereocenters. The highest BCUT2D eigenvalue weighted by Gasteiger charge is 2.40. The van der Waals surface area contributed by atoms with Crippen molar-refractivity contribution in [3.05, 3.63) is 178 Å². The van der Waals surface area contributed by atoms with E-state index >= 15 is 0 Å². The van der Waals surface area contributed by atoms with Crippen molar-refractivity contribution in [3.63, 3.8) is 0 Å². The first-order chi connectivity index (χ1) is 32.2. The maximum Gasteiger partial charge on any atom is 0.338 e. The van der Waals surface area contributed by atoms with E-state index in [0.29, 0.717) is 71.2 Å². The lowest BCUT2D eigenvalue weighted by molar-refractivity contribution is -0.140. The highest BCUT2D eigenvalue weighted by atomic mass is 16.5. The molecule has 12 nitrogen and oxygen atoms in total. The van der Waals surface area contributed by atoms with Gasteiger partial charge in [-0.05, 0) is 85.3 Å². The van der Waals surface area contributed by atoms with Gasteiger partial charge in [0.25, 0.3) is 0 Å². The number of unbranched alkanes of at least 4 members (excludes halogenated alkanes) is 1. The minimum Gasteiger partial charge on any atom is -0.493 e. The van der Waals surface area contributed by atoms with Crippen molar-refractivity contribution in [3.8, 4) is 11.5 Å². The van der Waals surface area contributed by atoms with E-state index < -0.39 is 24.0 Å². The first kappa shape index (κ1) is 45.0. The van der Waals surface area contributed by atoms with Gasteiger partial charge in [-0.15, -0.1) is 0 Å². The quantitative estimate of drug-likeness (QED) is 0.0683. The molecular formula is C54H54N4O8. The number of fused-ring (bicyclic) bond motifs is 2. The van der Waals surface area contributed by atoms with E-state index in [9.17, 15) is 19.2 Å². The Morgan fingerprint density at radius 1 is 0.515 bits per heavy atom. The Labute approximate surface area is 384 Å². The van der Waals surface area contributed by atoms with Crippen LogP contribution in [0.4, 0.5) is 9.59 Å². The minimum absolute atomic E-state index is 0.169. The van der Waals surface area contributed by atoms with Crippen molar-refractivity contribution < 1.29 is 38.1 Å². The van der Waals surface area contributed by atoms with Gasteiger partial charge >= 0.3 is 24.0 Å². The second-order valence-corrected chi connectivity index (χ2v) is 16.1. The molecule has 338 valence electrons. The van der Waals surface area contributed by atoms with Crippen LogP contribution in [0.15, 0.2) is 156 Å². The smallest absolute Gasteiger partial charge is 0.338 e. The molecule has 12 heteroatoms. The van der Waals surface area contributed by atoms with E-state index in [1.165, 1.54) is 0 Å². The number of hydrogen-bond donors (Lipinski definition) is 2. The largest absolute Gasteiger partial charge is 0.493 e. The zero-order valence-corrected chi connectivity index (χ0v) is 37.7. The molecule has 2 aliphatic rings. The molecule has 0 radical (unpaired) electrons. The number of carbonyl (C=O) groups excluding carboxylic acids is 4. The maximum absolute atomic E-state index is 13.9. The molecule has 2 heterocycles. The monoisotopic (exact) mass is 886 g/mol. The van der Waals surface area contributed by atoms with Crippen LogP contribution < -0.4 is 20.1 Å². The number of urea groups is 2. The van der Waals surface area contributed by atoms with Crippen LogP contribution in [0.25, 0.3) is 21.5 Å². The summed E-state index contributed by atoms with van der Waals surface area (Å²) in [7, 11) is 0. The van der Waals surface area contributed by atoms with Gasteiger partial charge in [-0.3, -0.25) is 9.80 Å². The normalized spacial score (nSPS) is 16.3. The fraction of sp³-hybridized carbons (Fsp3) is 0.259. The number of esters is 2. The summed E-state index contributed by atoms with van der Waals surface area (Å²) >= 11 is 0. The first-order valence-electron chi connectivity index (χ1n) is 22.5. The Hall–Kier alpha value is -7.60. The number of amides is 4. The summed E-state index contributed by atoms with van der Waals surface area (Å²) in [6, 6.07) is 40.2. The zero-order valence-electron chi connectivity index (χ0n) is 37.7. The molecule has 0 saturated heterocycles. The summed E-state index contributed by atoms with van der Waals surface area (Å²) < 4.78 is 24.3. The van der Waals surface area contributed by atoms with E-state index in [4.69, 9.17) is 18.9 Å². The highest BCUT2D eigenvalue weighted by Crippen LogP contribution is 2.42. The lowest BCUT2D eigenvalue weighted by Gasteiger charge is -2.36. The third-order valence-electron chi connectivity index (χ3n) is 12.0. The lowest BCUT2D eigenvalue weighted by Crippen LogP contribution is -2.47. The van der Waals surface area contributed by atoms with Crippen LogP contribution in [0.5, 0.6) is 11.5 Å². The van der Waals surface area contributed by atoms with Gasteiger partial charge in [-0.2, -0.15) is 0 Å². The van der Waals surface area contributed by atoms with Gasteiger partial charge in [0.05, 0.1) is 62.7 Å². The molecular weight excluding hydrogens is 833 g/mol. The van der Waals surface area contributed by atoms with E-state index in [-0.39, 0.29) is 38.4 Å². The van der Waals surface area contributed by atoms with Gasteiger partial charge < -0.3 is 29.6 Å². The van der Waals surface area contributed by atoms with E-state index in [2.05, 4.69) is 10.6 Å². The van der Waals surface area contributed by atoms with Crippen LogP contribution in [0.2, 0.25) is 0 Å². The van der Waals surface area contributed by atoms with Crippen molar-refractivity contribution in [1.82, 2.24) is 20.4 Å². The molecule has 0 saturated carbocycles. The summed E-state index contributed by atoms with van der Waals surface area (Å²) in [5, 5.41) is 9.79. The van der Waals surface area contributed by atoms with Crippen molar-refractivity contribution >= 4 is 45.5 Å². The van der Waals surface area contributed by atoms with Crippen LogP contribution in [0, 0.1) is 0 Å². The molecule has 0 aliphatic carbocycles. The van der Waals surface area contributed by atoms with Gasteiger partial charge in [0.15, 0.2) is 0 Å². The van der Waals surface area contributed by atoms with Crippen LogP contribution in [0.1, 0.15) is 74.9 Å². The SMILES string of the molecule is CCOC(=O)C1=C(C)N(Cc2ccccc2)C(=O)NC1c1c(OCCCCOc2ccc3ccccc3c2C2NC(=O)N(Cc3ccccc3)C(C)=C2C(=O)OCC)ccc2ccccc12. The summed E-state index contributed by atoms with van der Waals surface area (Å²) in [5.41, 5.74) is 4.85. The lowest BCUT2D eigenvalue weighted by atomic mass is 9.90. The highest BCUT2D eigenvalue weighted by molar-refractivity contribution is 5.99. The van der Waals surface area contributed by atoms with E-state index in [0.717, 1.165) is 32.7 Å². The average molecular weight is 887 g/mol. The third-order valence-corrected chi connectivity index (χ3v) is 12.0. The predicted octanol–water partition coefficient (Wildman–Crippen LogP) is 10.4. The van der Waals surface area contributed by atoms with Gasteiger partial charge in [0.2, 0.25) is 0 Å². The van der Waals surface area contributed by atoms with Crippen LogP contribution in [-0.2, 0) is 32.2 Å². The number of nitrogens with one attached hydrogen (secondary N) is 2. The first-order valence-corrected chi connectivity index (χ1v) is 22.5. The van der Waals surface area contributed by atoms with Crippen molar-refractivity contribution in [2.45, 2.75) is 65.7 Å². The summed E-state index contributed by atoms with van der Waals surface area (Å²) in [4.78, 5) is 58.7. The molecule has 8 rings (SSSR count). The van der Waals surface area contributed by atoms with Gasteiger partial charge in [-0.1, -0.05) is 121 Å². The predicted molar refractivity (Wildman–Crippen MR) is 253 cm³/mol. The molecule has 4 amide bonds. The average Bonchev–Trinajstić information content (AvgIpc) is 3.33. The zero-order chi connectivity index (χ0) is 46.2. The van der Waals surface area contributed by atoms with Gasteiger partial charge in [0, 0.05) is 22.5 Å². The Kier molecular flexibility index (Phi) is 14.0. The maximum atomic E-state index is 13.9. The molecule has 0 bridgehead atoms. The molecule has 6 aromatic rings.